The van der Waals surface area contributed by atoms with Crippen molar-refractivity contribution in [3.63, 3.8) is 0 Å². The molecule has 0 spiro atoms. The highest BCUT2D eigenvalue weighted by Crippen LogP contribution is 2.43. The molecule has 1 saturated heterocycles. The zero-order valence-corrected chi connectivity index (χ0v) is 21.3. The molecule has 1 aliphatic heterocycles. The van der Waals surface area contributed by atoms with Gasteiger partial charge in [0.15, 0.2) is 0 Å². The highest BCUT2D eigenvalue weighted by Gasteiger charge is 2.37. The van der Waals surface area contributed by atoms with E-state index in [0.717, 1.165) is 25.6 Å². The molecule has 1 aromatic heterocycles. The lowest BCUT2D eigenvalue weighted by Crippen LogP contribution is -2.21. The maximum atomic E-state index is 13.3. The first-order valence-corrected chi connectivity index (χ1v) is 13.4. The first-order valence-electron chi connectivity index (χ1n) is 10.7. The SMILES string of the molecule is CN1CC[C@@H](Oc2cccc(NS(=O)(=O)c3cc(Cl)c(-c4cc(C(F)(F)F)cc(C(F)(F)F)c4)s3)c2)C1. The van der Waals surface area contributed by atoms with Crippen LogP contribution in [-0.4, -0.2) is 39.6 Å². The molecular formula is C23H19ClF6N2O3S2. The number of likely N-dealkylation sites (N-methyl/N-ethyl adjacent to an activating group) is 1. The normalized spacial score (nSPS) is 17.2. The van der Waals surface area contributed by atoms with E-state index >= 15 is 0 Å². The van der Waals surface area contributed by atoms with Gasteiger partial charge in [0.25, 0.3) is 10.0 Å². The molecule has 0 bridgehead atoms. The van der Waals surface area contributed by atoms with Crippen molar-refractivity contribution in [1.29, 1.82) is 0 Å². The molecule has 1 N–H and O–H groups in total. The molecule has 0 unspecified atom stereocenters. The second-order valence-corrected chi connectivity index (χ2v) is 11.8. The number of benzene rings is 2. The average Bonchev–Trinajstić information content (AvgIpc) is 3.38. The zero-order chi connectivity index (χ0) is 27.2. The Labute approximate surface area is 217 Å². The van der Waals surface area contributed by atoms with Crippen molar-refractivity contribution >= 4 is 38.6 Å². The van der Waals surface area contributed by atoms with Crippen molar-refractivity contribution in [3.8, 4) is 16.2 Å². The summed E-state index contributed by atoms with van der Waals surface area (Å²) in [6.45, 7) is 1.59. The fraction of sp³-hybridized carbons (Fsp3) is 0.304. The van der Waals surface area contributed by atoms with Gasteiger partial charge in [0.2, 0.25) is 0 Å². The van der Waals surface area contributed by atoms with Gasteiger partial charge in [0.05, 0.1) is 26.7 Å². The molecular weight excluding hydrogens is 566 g/mol. The minimum atomic E-state index is -5.06. The third kappa shape index (κ3) is 6.51. The van der Waals surface area contributed by atoms with Crippen molar-refractivity contribution in [2.75, 3.05) is 24.9 Å². The van der Waals surface area contributed by atoms with E-state index in [-0.39, 0.29) is 32.0 Å². The van der Waals surface area contributed by atoms with Crippen LogP contribution in [0.5, 0.6) is 5.75 Å². The van der Waals surface area contributed by atoms with Crippen LogP contribution in [0.15, 0.2) is 52.7 Å². The predicted octanol–water partition coefficient (Wildman–Crippen LogP) is 6.99. The minimum absolute atomic E-state index is 0.0110. The largest absolute Gasteiger partial charge is 0.489 e. The number of rotatable bonds is 6. The molecule has 2 aromatic carbocycles. The van der Waals surface area contributed by atoms with E-state index in [4.69, 9.17) is 16.3 Å². The summed E-state index contributed by atoms with van der Waals surface area (Å²) in [6.07, 6.45) is -9.35. The van der Waals surface area contributed by atoms with Gasteiger partial charge in [-0.05, 0) is 55.4 Å². The number of likely N-dealkylation sites (tertiary alicyclic amines) is 1. The first kappa shape index (κ1) is 27.6. The number of ether oxygens (including phenoxy) is 1. The van der Waals surface area contributed by atoms with Crippen LogP contribution >= 0.6 is 22.9 Å². The number of anilines is 1. The van der Waals surface area contributed by atoms with Crippen molar-refractivity contribution < 1.29 is 39.5 Å². The number of sulfonamides is 1. The van der Waals surface area contributed by atoms with E-state index in [1.807, 2.05) is 7.05 Å². The Hall–Kier alpha value is -2.48. The molecule has 0 saturated carbocycles. The Morgan fingerprint density at radius 2 is 1.68 bits per heavy atom. The summed E-state index contributed by atoms with van der Waals surface area (Å²) in [4.78, 5) is 1.85. The number of thiophene rings is 1. The van der Waals surface area contributed by atoms with Gasteiger partial charge in [-0.15, -0.1) is 11.3 Å². The Morgan fingerprint density at radius 3 is 2.24 bits per heavy atom. The Balaban J connectivity index is 1.62. The van der Waals surface area contributed by atoms with Gasteiger partial charge >= 0.3 is 12.4 Å². The van der Waals surface area contributed by atoms with Gasteiger partial charge in [-0.3, -0.25) is 4.72 Å². The number of hydrogen-bond donors (Lipinski definition) is 1. The zero-order valence-electron chi connectivity index (χ0n) is 19.0. The smallest absolute Gasteiger partial charge is 0.416 e. The number of nitrogens with one attached hydrogen (secondary N) is 1. The lowest BCUT2D eigenvalue weighted by Gasteiger charge is -2.15. The van der Waals surface area contributed by atoms with Crippen molar-refractivity contribution in [2.24, 2.45) is 0 Å². The molecule has 1 atom stereocenters. The lowest BCUT2D eigenvalue weighted by molar-refractivity contribution is -0.143. The van der Waals surface area contributed by atoms with Crippen LogP contribution in [0.4, 0.5) is 32.0 Å². The van der Waals surface area contributed by atoms with Crippen molar-refractivity contribution in [1.82, 2.24) is 4.90 Å². The van der Waals surface area contributed by atoms with Crippen LogP contribution in [0, 0.1) is 0 Å². The van der Waals surface area contributed by atoms with Gasteiger partial charge in [-0.1, -0.05) is 17.7 Å². The average molecular weight is 585 g/mol. The molecule has 0 aliphatic carbocycles. The number of hydrogen-bond acceptors (Lipinski definition) is 5. The summed E-state index contributed by atoms with van der Waals surface area (Å²) < 4.78 is 113. The highest BCUT2D eigenvalue weighted by atomic mass is 35.5. The third-order valence-electron chi connectivity index (χ3n) is 5.52. The number of halogens is 7. The first-order chi connectivity index (χ1) is 17.1. The van der Waals surface area contributed by atoms with E-state index in [2.05, 4.69) is 9.62 Å². The second-order valence-electron chi connectivity index (χ2n) is 8.46. The van der Waals surface area contributed by atoms with Crippen LogP contribution < -0.4 is 9.46 Å². The summed E-state index contributed by atoms with van der Waals surface area (Å²) in [5, 5.41) is -0.305. The van der Waals surface area contributed by atoms with E-state index in [9.17, 15) is 34.8 Å². The number of alkyl halides is 6. The monoisotopic (exact) mass is 584 g/mol. The van der Waals surface area contributed by atoms with Gasteiger partial charge in [0.1, 0.15) is 16.1 Å². The third-order valence-corrected chi connectivity index (χ3v) is 8.97. The summed E-state index contributed by atoms with van der Waals surface area (Å²) >= 11 is 6.54. The molecule has 1 fully saturated rings. The van der Waals surface area contributed by atoms with Gasteiger partial charge < -0.3 is 9.64 Å². The summed E-state index contributed by atoms with van der Waals surface area (Å²) in [5.41, 5.74) is -3.41. The second kappa shape index (κ2) is 10.0. The minimum Gasteiger partial charge on any atom is -0.489 e. The lowest BCUT2D eigenvalue weighted by atomic mass is 10.0. The van der Waals surface area contributed by atoms with Crippen LogP contribution in [0.3, 0.4) is 0 Å². The van der Waals surface area contributed by atoms with Crippen molar-refractivity contribution in [3.05, 3.63) is 64.7 Å². The Morgan fingerprint density at radius 1 is 1.03 bits per heavy atom. The molecule has 200 valence electrons. The summed E-state index contributed by atoms with van der Waals surface area (Å²) in [7, 11) is -2.32. The molecule has 2 heterocycles. The standard InChI is InChI=1S/C23H19ClF6N2O3S2/c1-32-6-5-18(12-32)35-17-4-2-3-16(10-17)31-37(33,34)20-11-19(24)21(36-20)13-7-14(22(25,26)27)9-15(8-13)23(28,29)30/h2-4,7-11,18,31H,5-6,12H2,1H3/t18-/m1/s1. The van der Waals surface area contributed by atoms with Crippen LogP contribution in [0.1, 0.15) is 17.5 Å². The highest BCUT2D eigenvalue weighted by molar-refractivity contribution is 7.94. The fourth-order valence-corrected chi connectivity index (χ4v) is 6.64. The topological polar surface area (TPSA) is 58.6 Å². The maximum absolute atomic E-state index is 13.3. The molecule has 37 heavy (non-hydrogen) atoms. The summed E-state index contributed by atoms with van der Waals surface area (Å²) in [5.74, 6) is 0.439. The Kier molecular flexibility index (Phi) is 7.45. The molecule has 14 heteroatoms. The van der Waals surface area contributed by atoms with Gasteiger partial charge in [-0.25, -0.2) is 8.42 Å². The van der Waals surface area contributed by atoms with Crippen LogP contribution in [0.2, 0.25) is 5.02 Å². The molecule has 0 amide bonds. The van der Waals surface area contributed by atoms with E-state index in [1.165, 1.54) is 12.1 Å². The molecule has 1 aliphatic rings. The van der Waals surface area contributed by atoms with Gasteiger partial charge in [0, 0.05) is 19.2 Å². The molecule has 0 radical (unpaired) electrons. The van der Waals surface area contributed by atoms with E-state index in [0.29, 0.717) is 29.2 Å². The quantitative estimate of drug-likeness (QED) is 0.317. The maximum Gasteiger partial charge on any atom is 0.416 e. The molecule has 3 aromatic rings. The van der Waals surface area contributed by atoms with E-state index in [1.54, 1.807) is 12.1 Å². The fourth-order valence-electron chi connectivity index (χ4n) is 3.78. The molecule has 4 rings (SSSR count). The predicted molar refractivity (Wildman–Crippen MR) is 129 cm³/mol. The van der Waals surface area contributed by atoms with Crippen molar-refractivity contribution in [2.45, 2.75) is 29.1 Å². The van der Waals surface area contributed by atoms with Crippen LogP contribution in [0.25, 0.3) is 10.4 Å². The van der Waals surface area contributed by atoms with Gasteiger partial charge in [-0.2, -0.15) is 26.3 Å². The Bertz CT molecular complexity index is 1370. The number of nitrogens with zero attached hydrogens (tertiary/aromatic N) is 1. The summed E-state index contributed by atoms with van der Waals surface area (Å²) in [6, 6.07) is 8.17. The van der Waals surface area contributed by atoms with E-state index < -0.39 is 39.1 Å². The van der Waals surface area contributed by atoms with Crippen LogP contribution in [-0.2, 0) is 22.4 Å². The molecule has 5 nitrogen and oxygen atoms in total.